The molecule has 0 amide bonds. The summed E-state index contributed by atoms with van der Waals surface area (Å²) in [4.78, 5) is 39.2. The van der Waals surface area contributed by atoms with Crippen LogP contribution in [-0.4, -0.2) is 58.0 Å². The first-order valence-electron chi connectivity index (χ1n) is 14.6. The topological polar surface area (TPSA) is 86.0 Å². The Kier molecular flexibility index (Phi) is 7.25. The van der Waals surface area contributed by atoms with E-state index in [1.807, 2.05) is 28.8 Å². The van der Waals surface area contributed by atoms with Gasteiger partial charge in [0, 0.05) is 24.2 Å². The maximum atomic E-state index is 14.0. The van der Waals surface area contributed by atoms with E-state index in [0.717, 1.165) is 30.2 Å². The van der Waals surface area contributed by atoms with Crippen molar-refractivity contribution in [2.75, 3.05) is 13.7 Å². The van der Waals surface area contributed by atoms with Crippen LogP contribution in [0.2, 0.25) is 0 Å². The molecular formula is C30H40N4O4. The van der Waals surface area contributed by atoms with E-state index >= 15 is 0 Å². The van der Waals surface area contributed by atoms with E-state index in [1.54, 1.807) is 6.92 Å². The fourth-order valence-electron chi connectivity index (χ4n) is 8.24. The zero-order chi connectivity index (χ0) is 26.2. The number of oxime groups is 1. The normalized spacial score (nSPS) is 31.7. The van der Waals surface area contributed by atoms with Crippen molar-refractivity contribution in [3.05, 3.63) is 40.3 Å². The Bertz CT molecular complexity index is 1240. The summed E-state index contributed by atoms with van der Waals surface area (Å²) in [5.41, 5.74) is 0.998. The molecule has 0 N–H and O–H groups in total. The number of fused-ring (bicyclic) bond motifs is 5. The number of hydrogen-bond acceptors (Lipinski definition) is 7. The van der Waals surface area contributed by atoms with Gasteiger partial charge in [-0.1, -0.05) is 43.0 Å². The number of hydrogen-bond donors (Lipinski definition) is 0. The number of carbonyl (C=O) groups is 1. The Morgan fingerprint density at radius 3 is 2.29 bits per heavy atom. The maximum absolute atomic E-state index is 14.0. The van der Waals surface area contributed by atoms with E-state index in [0.29, 0.717) is 23.6 Å². The number of benzene rings is 1. The van der Waals surface area contributed by atoms with Crippen molar-refractivity contribution >= 4 is 22.7 Å². The molecule has 4 bridgehead atoms. The Labute approximate surface area is 224 Å². The molecular weight excluding hydrogens is 480 g/mol. The molecule has 6 rings (SSSR count). The van der Waals surface area contributed by atoms with Crippen LogP contribution < -0.4 is 5.56 Å². The van der Waals surface area contributed by atoms with Crippen LogP contribution in [0.3, 0.4) is 0 Å². The van der Waals surface area contributed by atoms with Crippen molar-refractivity contribution in [3.8, 4) is 0 Å². The highest BCUT2D eigenvalue weighted by Crippen LogP contribution is 2.47. The largest absolute Gasteiger partial charge is 0.461 e. The first-order valence-corrected chi connectivity index (χ1v) is 14.6. The van der Waals surface area contributed by atoms with Gasteiger partial charge in [0.1, 0.15) is 7.11 Å². The lowest BCUT2D eigenvalue weighted by Gasteiger charge is -2.48. The minimum absolute atomic E-state index is 0.00451. The SMILES string of the molecule is CCOC(=O)/C(=N\OC)c1nc2ccccc2n(C2CC3CC[C@H](C2)N3C2CC3CCCCC(C3)C2)c1=O. The second kappa shape index (κ2) is 10.8. The van der Waals surface area contributed by atoms with Crippen LogP contribution in [0.4, 0.5) is 0 Å². The molecule has 8 heteroatoms. The van der Waals surface area contributed by atoms with Gasteiger partial charge in [-0.3, -0.25) is 9.69 Å². The number of nitrogens with zero attached hydrogens (tertiary/aromatic N) is 4. The summed E-state index contributed by atoms with van der Waals surface area (Å²) in [6.45, 7) is 1.90. The molecule has 4 unspecified atom stereocenters. The summed E-state index contributed by atoms with van der Waals surface area (Å²) in [6, 6.07) is 9.46. The molecule has 2 aromatic rings. The first kappa shape index (κ1) is 25.5. The molecule has 4 fully saturated rings. The van der Waals surface area contributed by atoms with Gasteiger partial charge in [-0.15, -0.1) is 0 Å². The first-order chi connectivity index (χ1) is 18.6. The lowest BCUT2D eigenvalue weighted by molar-refractivity contribution is -0.135. The van der Waals surface area contributed by atoms with Crippen molar-refractivity contribution in [1.29, 1.82) is 0 Å². The summed E-state index contributed by atoms with van der Waals surface area (Å²) in [6.07, 6.45) is 14.1. The highest BCUT2D eigenvalue weighted by atomic mass is 16.6. The molecule has 5 atom stereocenters. The standard InChI is InChI=1S/C30H40N4O4/c1-3-38-30(36)28(32-37-2)27-29(35)34(26-11-7-6-10-25(26)31-27)24-17-21-12-13-22(18-24)33(21)23-15-19-8-4-5-9-20(14-19)16-23/h6-7,10-11,19-24H,3-5,8-9,12-18H2,1-2H3/b32-28-/t19?,20?,21-,22?,23?,24?/m1/s1. The van der Waals surface area contributed by atoms with E-state index in [2.05, 4.69) is 15.0 Å². The number of carbonyl (C=O) groups excluding carboxylic acids is 1. The summed E-state index contributed by atoms with van der Waals surface area (Å²) < 4.78 is 7.08. The number of esters is 1. The van der Waals surface area contributed by atoms with Crippen molar-refractivity contribution in [1.82, 2.24) is 14.5 Å². The van der Waals surface area contributed by atoms with Gasteiger partial charge in [0.25, 0.3) is 5.56 Å². The van der Waals surface area contributed by atoms with Crippen LogP contribution in [0, 0.1) is 11.8 Å². The van der Waals surface area contributed by atoms with Crippen LogP contribution in [0.25, 0.3) is 11.0 Å². The molecule has 2 aliphatic heterocycles. The molecule has 0 radical (unpaired) electrons. The average molecular weight is 521 g/mol. The quantitative estimate of drug-likeness (QED) is 0.308. The van der Waals surface area contributed by atoms with Gasteiger partial charge in [0.05, 0.1) is 17.6 Å². The number of para-hydroxylation sites is 2. The van der Waals surface area contributed by atoms with Gasteiger partial charge in [0.15, 0.2) is 5.69 Å². The van der Waals surface area contributed by atoms with Gasteiger partial charge in [-0.2, -0.15) is 0 Å². The fourth-order valence-corrected chi connectivity index (χ4v) is 8.24. The zero-order valence-corrected chi connectivity index (χ0v) is 22.7. The fraction of sp³-hybridized carbons (Fsp3) is 0.667. The summed E-state index contributed by atoms with van der Waals surface area (Å²) in [5, 5.41) is 3.88. The van der Waals surface area contributed by atoms with E-state index in [-0.39, 0.29) is 29.6 Å². The monoisotopic (exact) mass is 520 g/mol. The molecule has 0 spiro atoms. The number of piperidine rings is 1. The van der Waals surface area contributed by atoms with Crippen LogP contribution in [0.15, 0.2) is 34.2 Å². The predicted octanol–water partition coefficient (Wildman–Crippen LogP) is 4.84. The Balaban J connectivity index is 1.34. The minimum atomic E-state index is -0.700. The third-order valence-corrected chi connectivity index (χ3v) is 9.57. The molecule has 204 valence electrons. The molecule has 4 aliphatic rings. The molecule has 1 aromatic heterocycles. The van der Waals surface area contributed by atoms with Gasteiger partial charge < -0.3 is 14.1 Å². The smallest absolute Gasteiger partial charge is 0.362 e. The predicted molar refractivity (Wildman–Crippen MR) is 146 cm³/mol. The number of rotatable bonds is 6. The second-order valence-electron chi connectivity index (χ2n) is 11.8. The maximum Gasteiger partial charge on any atom is 0.362 e. The van der Waals surface area contributed by atoms with Gasteiger partial charge in [-0.25, -0.2) is 9.78 Å². The zero-order valence-electron chi connectivity index (χ0n) is 22.7. The van der Waals surface area contributed by atoms with E-state index in [4.69, 9.17) is 9.57 Å². The second-order valence-corrected chi connectivity index (χ2v) is 11.8. The Morgan fingerprint density at radius 1 is 0.947 bits per heavy atom. The van der Waals surface area contributed by atoms with Crippen LogP contribution in [0.5, 0.6) is 0 Å². The number of aromatic nitrogens is 2. The molecule has 1 aromatic carbocycles. The average Bonchev–Trinajstić information content (AvgIpc) is 3.07. The van der Waals surface area contributed by atoms with Crippen molar-refractivity contribution < 1.29 is 14.4 Å². The Morgan fingerprint density at radius 2 is 1.63 bits per heavy atom. The van der Waals surface area contributed by atoms with Crippen molar-refractivity contribution in [3.63, 3.8) is 0 Å². The number of ether oxygens (including phenoxy) is 1. The molecule has 2 saturated heterocycles. The van der Waals surface area contributed by atoms with Gasteiger partial charge in [-0.05, 0) is 75.8 Å². The van der Waals surface area contributed by atoms with Crippen LogP contribution in [-0.2, 0) is 14.4 Å². The Hall–Kier alpha value is -2.74. The van der Waals surface area contributed by atoms with Gasteiger partial charge in [0.2, 0.25) is 5.71 Å². The summed E-state index contributed by atoms with van der Waals surface area (Å²) >= 11 is 0. The summed E-state index contributed by atoms with van der Waals surface area (Å²) in [5.74, 6) is 1.09. The lowest BCUT2D eigenvalue weighted by Crippen LogP contribution is -2.52. The summed E-state index contributed by atoms with van der Waals surface area (Å²) in [7, 11) is 1.35. The van der Waals surface area contributed by atoms with E-state index < -0.39 is 5.97 Å². The molecule has 2 saturated carbocycles. The van der Waals surface area contributed by atoms with Crippen LogP contribution in [0.1, 0.15) is 89.3 Å². The molecule has 3 heterocycles. The highest BCUT2D eigenvalue weighted by Gasteiger charge is 2.47. The van der Waals surface area contributed by atoms with Gasteiger partial charge >= 0.3 is 5.97 Å². The minimum Gasteiger partial charge on any atom is -0.461 e. The molecule has 2 aliphatic carbocycles. The lowest BCUT2D eigenvalue weighted by atomic mass is 9.76. The van der Waals surface area contributed by atoms with Crippen LogP contribution >= 0.6 is 0 Å². The third-order valence-electron chi connectivity index (χ3n) is 9.57. The van der Waals surface area contributed by atoms with E-state index in [9.17, 15) is 9.59 Å². The molecule has 38 heavy (non-hydrogen) atoms. The highest BCUT2D eigenvalue weighted by molar-refractivity contribution is 6.42. The third kappa shape index (κ3) is 4.65. The van der Waals surface area contributed by atoms with Crippen molar-refractivity contribution in [2.24, 2.45) is 17.0 Å². The van der Waals surface area contributed by atoms with Crippen molar-refractivity contribution in [2.45, 2.75) is 102 Å². The van der Waals surface area contributed by atoms with E-state index in [1.165, 1.54) is 64.9 Å². The molecule has 8 nitrogen and oxygen atoms in total.